The molecule has 0 bridgehead atoms. The van der Waals surface area contributed by atoms with E-state index in [1.165, 1.54) is 13.8 Å². The number of benzene rings is 1. The Labute approximate surface area is 220 Å². The van der Waals surface area contributed by atoms with E-state index in [1.807, 2.05) is 28.5 Å². The molecule has 37 heavy (non-hydrogen) atoms. The van der Waals surface area contributed by atoms with Crippen molar-refractivity contribution in [1.82, 2.24) is 19.5 Å². The zero-order valence-electron chi connectivity index (χ0n) is 21.8. The van der Waals surface area contributed by atoms with Crippen molar-refractivity contribution >= 4 is 34.0 Å². The van der Waals surface area contributed by atoms with Crippen molar-refractivity contribution in [2.75, 3.05) is 0 Å². The molecule has 0 unspecified atom stereocenters. The summed E-state index contributed by atoms with van der Waals surface area (Å²) < 4.78 is 7.42. The second kappa shape index (κ2) is 9.55. The minimum Gasteiger partial charge on any atom is -0.478 e. The Bertz CT molecular complexity index is 1370. The molecule has 2 aliphatic rings. The lowest BCUT2D eigenvalue weighted by Gasteiger charge is -2.22. The number of hydrogen-bond acceptors (Lipinski definition) is 7. The van der Waals surface area contributed by atoms with Gasteiger partial charge in [-0.2, -0.15) is 4.98 Å². The summed E-state index contributed by atoms with van der Waals surface area (Å²) >= 11 is 1.55. The number of aromatic nitrogens is 3. The van der Waals surface area contributed by atoms with Crippen LogP contribution in [0.2, 0.25) is 0 Å². The molecule has 1 amide bonds. The molecule has 2 aromatic heterocycles. The van der Waals surface area contributed by atoms with Crippen molar-refractivity contribution in [2.45, 2.75) is 90.3 Å². The van der Waals surface area contributed by atoms with Crippen molar-refractivity contribution in [3.63, 3.8) is 0 Å². The number of thiazole rings is 1. The number of carboxylic acids is 1. The predicted octanol–water partition coefficient (Wildman–Crippen LogP) is 5.25. The Kier molecular flexibility index (Phi) is 6.55. The van der Waals surface area contributed by atoms with Crippen LogP contribution in [-0.4, -0.2) is 53.5 Å². The third kappa shape index (κ3) is 4.63. The Morgan fingerprint density at radius 3 is 2.54 bits per heavy atom. The number of hydrogen-bond donors (Lipinski definition) is 1. The normalized spacial score (nSPS) is 17.2. The molecule has 9 nitrogen and oxygen atoms in total. The van der Waals surface area contributed by atoms with Gasteiger partial charge in [0.1, 0.15) is 17.1 Å². The van der Waals surface area contributed by atoms with E-state index in [2.05, 4.69) is 6.92 Å². The van der Waals surface area contributed by atoms with E-state index in [0.717, 1.165) is 71.9 Å². The van der Waals surface area contributed by atoms with E-state index in [4.69, 9.17) is 19.8 Å². The van der Waals surface area contributed by atoms with Gasteiger partial charge in [-0.15, -0.1) is 5.10 Å². The molecule has 10 heteroatoms. The van der Waals surface area contributed by atoms with Gasteiger partial charge in [0.2, 0.25) is 4.96 Å². The highest BCUT2D eigenvalue weighted by Gasteiger charge is 2.49. The SMILES string of the molecule is CCCCC1=NC2(CCCC2)C(=O)N1Cc1sc2nc(-c3ccc(OC(C)(C)C(=O)O)cc3)nn2c1C. The number of carboxylic acid groups (broad SMARTS) is 1. The Hall–Kier alpha value is -3.27. The second-order valence-corrected chi connectivity index (χ2v) is 11.5. The topological polar surface area (TPSA) is 109 Å². The number of rotatable bonds is 9. The molecule has 1 saturated carbocycles. The first-order valence-corrected chi connectivity index (χ1v) is 13.7. The molecule has 1 fully saturated rings. The van der Waals surface area contributed by atoms with Crippen LogP contribution >= 0.6 is 11.3 Å². The highest BCUT2D eigenvalue weighted by molar-refractivity contribution is 7.17. The highest BCUT2D eigenvalue weighted by atomic mass is 32.1. The summed E-state index contributed by atoms with van der Waals surface area (Å²) in [6, 6.07) is 7.09. The van der Waals surface area contributed by atoms with Gasteiger partial charge in [0.05, 0.1) is 12.2 Å². The lowest BCUT2D eigenvalue weighted by Crippen LogP contribution is -2.40. The van der Waals surface area contributed by atoms with Crippen LogP contribution in [0, 0.1) is 6.92 Å². The van der Waals surface area contributed by atoms with Crippen molar-refractivity contribution in [2.24, 2.45) is 4.99 Å². The third-order valence-corrected chi connectivity index (χ3v) is 8.42. The molecule has 196 valence electrons. The molecule has 3 aromatic rings. The van der Waals surface area contributed by atoms with Crippen LogP contribution in [0.5, 0.6) is 5.75 Å². The van der Waals surface area contributed by atoms with Crippen molar-refractivity contribution in [1.29, 1.82) is 0 Å². The van der Waals surface area contributed by atoms with Gasteiger partial charge in [0.25, 0.3) is 5.91 Å². The number of amides is 1. The summed E-state index contributed by atoms with van der Waals surface area (Å²) in [5.74, 6) is 1.10. The molecule has 0 radical (unpaired) electrons. The van der Waals surface area contributed by atoms with Crippen molar-refractivity contribution in [3.8, 4) is 17.1 Å². The number of nitrogens with zero attached hydrogens (tertiary/aromatic N) is 5. The van der Waals surface area contributed by atoms with Gasteiger partial charge >= 0.3 is 5.97 Å². The molecule has 1 aromatic carbocycles. The van der Waals surface area contributed by atoms with Crippen LogP contribution in [0.4, 0.5) is 0 Å². The maximum atomic E-state index is 13.5. The largest absolute Gasteiger partial charge is 0.478 e. The van der Waals surface area contributed by atoms with E-state index in [-0.39, 0.29) is 5.91 Å². The van der Waals surface area contributed by atoms with Gasteiger partial charge in [-0.3, -0.25) is 14.7 Å². The van der Waals surface area contributed by atoms with Gasteiger partial charge in [-0.1, -0.05) is 37.5 Å². The minimum absolute atomic E-state index is 0.156. The number of fused-ring (bicyclic) bond motifs is 1. The fourth-order valence-corrected chi connectivity index (χ4v) is 6.05. The quantitative estimate of drug-likeness (QED) is 0.410. The highest BCUT2D eigenvalue weighted by Crippen LogP contribution is 2.40. The maximum Gasteiger partial charge on any atom is 0.347 e. The first-order valence-electron chi connectivity index (χ1n) is 12.9. The van der Waals surface area contributed by atoms with Gasteiger partial charge in [-0.05, 0) is 64.3 Å². The molecule has 1 N–H and O–H groups in total. The van der Waals surface area contributed by atoms with Crippen molar-refractivity contribution in [3.05, 3.63) is 34.8 Å². The molecule has 3 heterocycles. The Morgan fingerprint density at radius 1 is 1.22 bits per heavy atom. The first kappa shape index (κ1) is 25.4. The lowest BCUT2D eigenvalue weighted by atomic mass is 9.98. The molecule has 0 saturated heterocycles. The van der Waals surface area contributed by atoms with E-state index < -0.39 is 17.1 Å². The molecule has 5 rings (SSSR count). The summed E-state index contributed by atoms with van der Waals surface area (Å²) in [7, 11) is 0. The molecule has 1 aliphatic heterocycles. The van der Waals surface area contributed by atoms with E-state index in [9.17, 15) is 14.7 Å². The Morgan fingerprint density at radius 2 is 1.92 bits per heavy atom. The van der Waals surface area contributed by atoms with E-state index >= 15 is 0 Å². The van der Waals surface area contributed by atoms with Crippen LogP contribution in [0.3, 0.4) is 0 Å². The van der Waals surface area contributed by atoms with E-state index in [0.29, 0.717) is 18.1 Å². The number of carbonyl (C=O) groups is 2. The van der Waals surface area contributed by atoms with Crippen LogP contribution in [0.15, 0.2) is 29.3 Å². The fraction of sp³-hybridized carbons (Fsp3) is 0.519. The van der Waals surface area contributed by atoms with Crippen LogP contribution in [0.25, 0.3) is 16.3 Å². The molecular weight excluding hydrogens is 490 g/mol. The van der Waals surface area contributed by atoms with Gasteiger partial charge in [0.15, 0.2) is 11.4 Å². The average Bonchev–Trinajstić information content (AvgIpc) is 3.62. The first-order chi connectivity index (χ1) is 17.6. The minimum atomic E-state index is -1.32. The Balaban J connectivity index is 1.36. The zero-order chi connectivity index (χ0) is 26.4. The second-order valence-electron chi connectivity index (χ2n) is 10.4. The number of aryl methyl sites for hydroxylation is 1. The molecular formula is C27H33N5O4S. The smallest absolute Gasteiger partial charge is 0.347 e. The van der Waals surface area contributed by atoms with Crippen LogP contribution < -0.4 is 4.74 Å². The number of amidine groups is 1. The maximum absolute atomic E-state index is 13.5. The third-order valence-electron chi connectivity index (χ3n) is 7.30. The van der Waals surface area contributed by atoms with E-state index in [1.54, 1.807) is 23.5 Å². The number of ether oxygens (including phenoxy) is 1. The van der Waals surface area contributed by atoms with Gasteiger partial charge < -0.3 is 9.84 Å². The van der Waals surface area contributed by atoms with Crippen LogP contribution in [0.1, 0.15) is 76.3 Å². The summed E-state index contributed by atoms with van der Waals surface area (Å²) in [4.78, 5) is 38.3. The zero-order valence-corrected chi connectivity index (χ0v) is 22.6. The summed E-state index contributed by atoms with van der Waals surface area (Å²) in [5, 5.41) is 14.0. The summed E-state index contributed by atoms with van der Waals surface area (Å²) in [5.41, 5.74) is -0.0734. The molecule has 0 atom stereocenters. The number of aliphatic carboxylic acids is 1. The number of aliphatic imine (C=N–C) groups is 1. The average molecular weight is 524 g/mol. The monoisotopic (exact) mass is 523 g/mol. The predicted molar refractivity (Wildman–Crippen MR) is 142 cm³/mol. The van der Waals surface area contributed by atoms with Gasteiger partial charge in [-0.25, -0.2) is 9.31 Å². The molecule has 1 aliphatic carbocycles. The number of carbonyl (C=O) groups excluding carboxylic acids is 1. The summed E-state index contributed by atoms with van der Waals surface area (Å²) in [6.07, 6.45) is 6.75. The van der Waals surface area contributed by atoms with Gasteiger partial charge in [0, 0.05) is 16.9 Å². The number of unbranched alkanes of at least 4 members (excludes halogenated alkanes) is 1. The van der Waals surface area contributed by atoms with Crippen LogP contribution in [-0.2, 0) is 16.1 Å². The summed E-state index contributed by atoms with van der Waals surface area (Å²) in [6.45, 7) is 7.70. The molecule has 1 spiro atoms. The fourth-order valence-electron chi connectivity index (χ4n) is 5.01. The standard InChI is InChI=1S/C27H33N5O4S/c1-5-6-9-21-29-27(14-7-8-15-27)23(33)31(21)16-20-17(2)32-25(37-20)28-22(30-32)18-10-12-19(13-11-18)36-26(3,4)24(34)35/h10-13H,5-9,14-16H2,1-4H3,(H,34,35). The lowest BCUT2D eigenvalue weighted by molar-refractivity contribution is -0.152. The van der Waals surface area contributed by atoms with Crippen molar-refractivity contribution < 1.29 is 19.4 Å².